The van der Waals surface area contributed by atoms with Gasteiger partial charge in [-0.15, -0.1) is 0 Å². The molecule has 1 rings (SSSR count). The fourth-order valence-electron chi connectivity index (χ4n) is 2.22. The van der Waals surface area contributed by atoms with Crippen molar-refractivity contribution in [3.8, 4) is 0 Å². The van der Waals surface area contributed by atoms with Crippen LogP contribution in [0.2, 0.25) is 0 Å². The first kappa shape index (κ1) is 20.2. The first-order chi connectivity index (χ1) is 11.3. The van der Waals surface area contributed by atoms with Crippen LogP contribution in [0.3, 0.4) is 0 Å². The molecule has 0 fully saturated rings. The van der Waals surface area contributed by atoms with Crippen LogP contribution >= 0.6 is 15.9 Å². The first-order valence-corrected chi connectivity index (χ1v) is 8.63. The van der Waals surface area contributed by atoms with E-state index in [4.69, 9.17) is 5.11 Å². The van der Waals surface area contributed by atoms with Crippen molar-refractivity contribution in [2.45, 2.75) is 51.6 Å². The molecule has 0 saturated carbocycles. The minimum Gasteiger partial charge on any atom is -0.481 e. The monoisotopic (exact) mass is 398 g/mol. The second-order valence-electron chi connectivity index (χ2n) is 5.85. The number of carbonyl (C=O) groups is 3. The van der Waals surface area contributed by atoms with E-state index in [9.17, 15) is 14.4 Å². The molecule has 1 atom stereocenters. The number of nitrogens with one attached hydrogen (secondary N) is 2. The zero-order valence-electron chi connectivity index (χ0n) is 13.8. The highest BCUT2D eigenvalue weighted by molar-refractivity contribution is 9.10. The normalized spacial score (nSPS) is 11.8. The number of benzene rings is 1. The molecular formula is C17H23BrN2O4. The predicted molar refractivity (Wildman–Crippen MR) is 94.4 cm³/mol. The van der Waals surface area contributed by atoms with Crippen molar-refractivity contribution in [1.82, 2.24) is 10.6 Å². The van der Waals surface area contributed by atoms with Crippen molar-refractivity contribution in [3.05, 3.63) is 34.3 Å². The van der Waals surface area contributed by atoms with Crippen LogP contribution in [0.15, 0.2) is 28.7 Å². The fourth-order valence-corrected chi connectivity index (χ4v) is 2.64. The van der Waals surface area contributed by atoms with Gasteiger partial charge in [-0.1, -0.05) is 28.1 Å². The first-order valence-electron chi connectivity index (χ1n) is 7.84. The third kappa shape index (κ3) is 8.10. The molecule has 0 radical (unpaired) electrons. The molecule has 132 valence electrons. The van der Waals surface area contributed by atoms with Gasteiger partial charge < -0.3 is 15.7 Å². The van der Waals surface area contributed by atoms with Gasteiger partial charge in [-0.25, -0.2) is 0 Å². The van der Waals surface area contributed by atoms with Gasteiger partial charge in [-0.3, -0.25) is 14.4 Å². The van der Waals surface area contributed by atoms with Crippen molar-refractivity contribution >= 4 is 33.7 Å². The molecule has 0 spiro atoms. The third-order valence-corrected chi connectivity index (χ3v) is 3.72. The van der Waals surface area contributed by atoms with Crippen LogP contribution in [0.4, 0.5) is 0 Å². The lowest BCUT2D eigenvalue weighted by molar-refractivity contribution is -0.137. The highest BCUT2D eigenvalue weighted by atomic mass is 79.9. The molecule has 1 unspecified atom stereocenters. The van der Waals surface area contributed by atoms with E-state index in [2.05, 4.69) is 26.6 Å². The standard InChI is InChI=1S/C17H23BrN2O4/c1-11(2)19-15(21)7-4-8-16(22)20-14(10-17(23)24)12-5-3-6-13(18)9-12/h3,5-6,9,11,14H,4,7-8,10H2,1-2H3,(H,19,21)(H,20,22)(H,23,24). The van der Waals surface area contributed by atoms with Gasteiger partial charge in [-0.05, 0) is 38.0 Å². The van der Waals surface area contributed by atoms with Crippen molar-refractivity contribution in [1.29, 1.82) is 0 Å². The molecular weight excluding hydrogens is 376 g/mol. The molecule has 7 heteroatoms. The summed E-state index contributed by atoms with van der Waals surface area (Å²) in [6.07, 6.45) is 0.667. The second kappa shape index (κ2) is 10.1. The quantitative estimate of drug-likeness (QED) is 0.595. The van der Waals surface area contributed by atoms with Gasteiger partial charge in [0, 0.05) is 23.4 Å². The Labute approximate surface area is 150 Å². The lowest BCUT2D eigenvalue weighted by Gasteiger charge is -2.18. The molecule has 2 amide bonds. The average molecular weight is 399 g/mol. The summed E-state index contributed by atoms with van der Waals surface area (Å²) in [6, 6.07) is 6.64. The largest absolute Gasteiger partial charge is 0.481 e. The van der Waals surface area contributed by atoms with Crippen molar-refractivity contribution < 1.29 is 19.5 Å². The van der Waals surface area contributed by atoms with Crippen LogP contribution in [-0.2, 0) is 14.4 Å². The van der Waals surface area contributed by atoms with Crippen LogP contribution in [0.5, 0.6) is 0 Å². The average Bonchev–Trinajstić information content (AvgIpc) is 2.45. The number of carbonyl (C=O) groups excluding carboxylic acids is 2. The van der Waals surface area contributed by atoms with Crippen molar-refractivity contribution in [3.63, 3.8) is 0 Å². The Morgan fingerprint density at radius 3 is 2.29 bits per heavy atom. The summed E-state index contributed by atoms with van der Waals surface area (Å²) in [6.45, 7) is 3.75. The minimum absolute atomic E-state index is 0.0720. The second-order valence-corrected chi connectivity index (χ2v) is 6.76. The number of rotatable bonds is 9. The number of amides is 2. The molecule has 0 heterocycles. The van der Waals surface area contributed by atoms with Crippen molar-refractivity contribution in [2.75, 3.05) is 0 Å². The lowest BCUT2D eigenvalue weighted by atomic mass is 10.0. The summed E-state index contributed by atoms with van der Waals surface area (Å²) in [5.74, 6) is -1.35. The molecule has 0 aliphatic heterocycles. The number of hydrogen-bond donors (Lipinski definition) is 3. The number of halogens is 1. The van der Waals surface area contributed by atoms with Gasteiger partial charge in [0.1, 0.15) is 0 Å². The van der Waals surface area contributed by atoms with E-state index in [1.165, 1.54) is 0 Å². The predicted octanol–water partition coefficient (Wildman–Crippen LogP) is 2.78. The van der Waals surface area contributed by atoms with E-state index >= 15 is 0 Å². The van der Waals surface area contributed by atoms with E-state index in [-0.39, 0.29) is 37.1 Å². The Hall–Kier alpha value is -1.89. The Kier molecular flexibility index (Phi) is 8.46. The summed E-state index contributed by atoms with van der Waals surface area (Å²) < 4.78 is 0.815. The van der Waals surface area contributed by atoms with Gasteiger partial charge in [0.05, 0.1) is 12.5 Å². The van der Waals surface area contributed by atoms with E-state index in [0.29, 0.717) is 6.42 Å². The van der Waals surface area contributed by atoms with Gasteiger partial charge in [0.25, 0.3) is 0 Å². The number of hydrogen-bond acceptors (Lipinski definition) is 3. The molecule has 3 N–H and O–H groups in total. The van der Waals surface area contributed by atoms with E-state index in [1.807, 2.05) is 19.9 Å². The summed E-state index contributed by atoms with van der Waals surface area (Å²) in [7, 11) is 0. The molecule has 0 aliphatic rings. The third-order valence-electron chi connectivity index (χ3n) is 3.22. The number of carboxylic acid groups (broad SMARTS) is 1. The van der Waals surface area contributed by atoms with Crippen molar-refractivity contribution in [2.24, 2.45) is 0 Å². The zero-order valence-corrected chi connectivity index (χ0v) is 15.4. The zero-order chi connectivity index (χ0) is 18.1. The summed E-state index contributed by atoms with van der Waals surface area (Å²) in [5, 5.41) is 14.5. The fraction of sp³-hybridized carbons (Fsp3) is 0.471. The summed E-state index contributed by atoms with van der Waals surface area (Å²) in [5.41, 5.74) is 0.720. The maximum absolute atomic E-state index is 12.0. The summed E-state index contributed by atoms with van der Waals surface area (Å²) >= 11 is 3.34. The van der Waals surface area contributed by atoms with Crippen LogP contribution in [0.25, 0.3) is 0 Å². The Morgan fingerprint density at radius 2 is 1.75 bits per heavy atom. The molecule has 0 bridgehead atoms. The Bertz CT molecular complexity index is 590. The van der Waals surface area contributed by atoms with Gasteiger partial charge >= 0.3 is 5.97 Å². The van der Waals surface area contributed by atoms with E-state index in [0.717, 1.165) is 10.0 Å². The van der Waals surface area contributed by atoms with Crippen LogP contribution in [0, 0.1) is 0 Å². The van der Waals surface area contributed by atoms with Crippen LogP contribution in [-0.4, -0.2) is 28.9 Å². The Morgan fingerprint density at radius 1 is 1.12 bits per heavy atom. The smallest absolute Gasteiger partial charge is 0.305 e. The van der Waals surface area contributed by atoms with Gasteiger partial charge in [0.15, 0.2) is 0 Å². The molecule has 24 heavy (non-hydrogen) atoms. The topological polar surface area (TPSA) is 95.5 Å². The van der Waals surface area contributed by atoms with Gasteiger partial charge in [-0.2, -0.15) is 0 Å². The molecule has 0 aromatic heterocycles. The molecule has 1 aromatic rings. The highest BCUT2D eigenvalue weighted by Gasteiger charge is 2.18. The van der Waals surface area contributed by atoms with Crippen LogP contribution in [0.1, 0.15) is 51.1 Å². The highest BCUT2D eigenvalue weighted by Crippen LogP contribution is 2.21. The number of aliphatic carboxylic acids is 1. The molecule has 6 nitrogen and oxygen atoms in total. The molecule has 1 aromatic carbocycles. The van der Waals surface area contributed by atoms with E-state index in [1.54, 1.807) is 18.2 Å². The minimum atomic E-state index is -0.989. The maximum atomic E-state index is 12.0. The number of carboxylic acids is 1. The molecule has 0 saturated heterocycles. The summed E-state index contributed by atoms with van der Waals surface area (Å²) in [4.78, 5) is 34.6. The van der Waals surface area contributed by atoms with Gasteiger partial charge in [0.2, 0.25) is 11.8 Å². The Balaban J connectivity index is 2.56. The lowest BCUT2D eigenvalue weighted by Crippen LogP contribution is -2.31. The van der Waals surface area contributed by atoms with E-state index < -0.39 is 12.0 Å². The molecule has 0 aliphatic carbocycles. The van der Waals surface area contributed by atoms with Crippen LogP contribution < -0.4 is 10.6 Å². The SMILES string of the molecule is CC(C)NC(=O)CCCC(=O)NC(CC(=O)O)c1cccc(Br)c1. The maximum Gasteiger partial charge on any atom is 0.305 e.